The molecule has 0 saturated carbocycles. The van der Waals surface area contributed by atoms with Crippen LogP contribution in [0.2, 0.25) is 0 Å². The number of benzene rings is 1. The Morgan fingerprint density at radius 2 is 2.00 bits per heavy atom. The third-order valence-corrected chi connectivity index (χ3v) is 5.71. The third-order valence-electron chi connectivity index (χ3n) is 5.71. The maximum absolute atomic E-state index is 12.9. The predicted octanol–water partition coefficient (Wildman–Crippen LogP) is 4.74. The Morgan fingerprint density at radius 3 is 2.76 bits per heavy atom. The van der Waals surface area contributed by atoms with E-state index in [0.717, 1.165) is 42.2 Å². The van der Waals surface area contributed by atoms with Crippen molar-refractivity contribution in [3.8, 4) is 11.4 Å². The van der Waals surface area contributed by atoms with Gasteiger partial charge in [-0.1, -0.05) is 6.07 Å². The van der Waals surface area contributed by atoms with Crippen molar-refractivity contribution in [1.29, 1.82) is 0 Å². The molecule has 0 spiro atoms. The Balaban J connectivity index is 1.52. The van der Waals surface area contributed by atoms with Crippen LogP contribution in [0.25, 0.3) is 11.4 Å². The molecule has 2 aromatic heterocycles. The Morgan fingerprint density at radius 1 is 1.14 bits per heavy atom. The lowest BCUT2D eigenvalue weighted by molar-refractivity contribution is 0.178. The largest absolute Gasteiger partial charge is 0.324 e. The van der Waals surface area contributed by atoms with Crippen molar-refractivity contribution in [3.63, 3.8) is 0 Å². The zero-order valence-electron chi connectivity index (χ0n) is 17.2. The molecule has 3 heterocycles. The van der Waals surface area contributed by atoms with Crippen LogP contribution in [-0.4, -0.2) is 38.6 Å². The normalized spacial score (nSPS) is 16.7. The first kappa shape index (κ1) is 19.2. The Labute approximate surface area is 171 Å². The summed E-state index contributed by atoms with van der Waals surface area (Å²) in [4.78, 5) is 23.7. The van der Waals surface area contributed by atoms with E-state index in [-0.39, 0.29) is 12.1 Å². The molecule has 1 saturated heterocycles. The molecule has 0 aliphatic carbocycles. The van der Waals surface area contributed by atoms with Crippen molar-refractivity contribution in [2.75, 3.05) is 18.4 Å². The van der Waals surface area contributed by atoms with Gasteiger partial charge in [0, 0.05) is 48.6 Å². The fourth-order valence-corrected chi connectivity index (χ4v) is 3.99. The standard InChI is InChI=1S/C23H27N5O/c1-16-8-9-20(12-17(16)2)26-23(29)27-11-5-7-21(15-27)28-18(3)13-25-22(28)19-6-4-10-24-14-19/h4,6,8-10,12-14,21H,5,7,11,15H2,1-3H3,(H,26,29). The van der Waals surface area contributed by atoms with Crippen molar-refractivity contribution >= 4 is 11.7 Å². The number of anilines is 1. The molecule has 1 unspecified atom stereocenters. The highest BCUT2D eigenvalue weighted by Crippen LogP contribution is 2.29. The lowest BCUT2D eigenvalue weighted by Crippen LogP contribution is -2.43. The van der Waals surface area contributed by atoms with Crippen LogP contribution in [0.3, 0.4) is 0 Å². The molecule has 6 nitrogen and oxygen atoms in total. The van der Waals surface area contributed by atoms with Crippen molar-refractivity contribution in [3.05, 3.63) is 65.7 Å². The van der Waals surface area contributed by atoms with E-state index in [9.17, 15) is 4.79 Å². The van der Waals surface area contributed by atoms with E-state index in [2.05, 4.69) is 40.6 Å². The molecule has 1 aromatic carbocycles. The predicted molar refractivity (Wildman–Crippen MR) is 115 cm³/mol. The van der Waals surface area contributed by atoms with Crippen LogP contribution in [0.15, 0.2) is 48.9 Å². The van der Waals surface area contributed by atoms with Gasteiger partial charge in [0.1, 0.15) is 5.82 Å². The minimum atomic E-state index is -0.0429. The number of rotatable bonds is 3. The fourth-order valence-electron chi connectivity index (χ4n) is 3.99. The van der Waals surface area contributed by atoms with Crippen molar-refractivity contribution in [2.45, 2.75) is 39.7 Å². The van der Waals surface area contributed by atoms with E-state index in [0.29, 0.717) is 6.54 Å². The Hall–Kier alpha value is -3.15. The molecule has 0 radical (unpaired) electrons. The number of amides is 2. The number of pyridine rings is 1. The SMILES string of the molecule is Cc1ccc(NC(=O)N2CCCC(n3c(C)cnc3-c3cccnc3)C2)cc1C. The number of nitrogens with zero attached hydrogens (tertiary/aromatic N) is 4. The van der Waals surface area contributed by atoms with Gasteiger partial charge in [0.15, 0.2) is 0 Å². The van der Waals surface area contributed by atoms with E-state index < -0.39 is 0 Å². The number of imidazole rings is 1. The number of likely N-dealkylation sites (tertiary alicyclic amines) is 1. The van der Waals surface area contributed by atoms with Gasteiger partial charge in [0.05, 0.1) is 6.04 Å². The molecular weight excluding hydrogens is 362 g/mol. The topological polar surface area (TPSA) is 63.1 Å². The number of carbonyl (C=O) groups excluding carboxylic acids is 1. The summed E-state index contributed by atoms with van der Waals surface area (Å²) in [5, 5.41) is 3.06. The smallest absolute Gasteiger partial charge is 0.321 e. The van der Waals surface area contributed by atoms with Crippen LogP contribution >= 0.6 is 0 Å². The highest BCUT2D eigenvalue weighted by atomic mass is 16.2. The highest BCUT2D eigenvalue weighted by Gasteiger charge is 2.27. The second-order valence-corrected chi connectivity index (χ2v) is 7.81. The first-order valence-corrected chi connectivity index (χ1v) is 10.1. The average Bonchev–Trinajstić information content (AvgIpc) is 3.13. The quantitative estimate of drug-likeness (QED) is 0.704. The summed E-state index contributed by atoms with van der Waals surface area (Å²) in [6.07, 6.45) is 7.50. The van der Waals surface area contributed by atoms with Gasteiger partial charge in [-0.2, -0.15) is 0 Å². The second kappa shape index (κ2) is 8.07. The number of nitrogens with one attached hydrogen (secondary N) is 1. The van der Waals surface area contributed by atoms with E-state index in [1.165, 1.54) is 11.1 Å². The minimum Gasteiger partial charge on any atom is -0.324 e. The zero-order chi connectivity index (χ0) is 20.4. The summed E-state index contributed by atoms with van der Waals surface area (Å²) in [5.74, 6) is 0.914. The number of urea groups is 1. The van der Waals surface area contributed by atoms with Crippen molar-refractivity contribution in [2.24, 2.45) is 0 Å². The Kier molecular flexibility index (Phi) is 5.34. The van der Waals surface area contributed by atoms with Crippen LogP contribution in [0.5, 0.6) is 0 Å². The molecule has 6 heteroatoms. The molecule has 1 N–H and O–H groups in total. The van der Waals surface area contributed by atoms with Crippen molar-refractivity contribution in [1.82, 2.24) is 19.4 Å². The Bertz CT molecular complexity index is 1010. The van der Waals surface area contributed by atoms with E-state index in [1.54, 1.807) is 6.20 Å². The van der Waals surface area contributed by atoms with Gasteiger partial charge < -0.3 is 14.8 Å². The molecular formula is C23H27N5O. The van der Waals surface area contributed by atoms with E-state index >= 15 is 0 Å². The highest BCUT2D eigenvalue weighted by molar-refractivity contribution is 5.89. The van der Waals surface area contributed by atoms with Gasteiger partial charge in [-0.05, 0) is 69.0 Å². The first-order valence-electron chi connectivity index (χ1n) is 10.1. The van der Waals surface area contributed by atoms with Gasteiger partial charge in [0.2, 0.25) is 0 Å². The summed E-state index contributed by atoms with van der Waals surface area (Å²) >= 11 is 0. The first-order chi connectivity index (χ1) is 14.0. The molecule has 3 aromatic rings. The van der Waals surface area contributed by atoms with Crippen LogP contribution in [-0.2, 0) is 0 Å². The molecule has 1 aliphatic rings. The number of carbonyl (C=O) groups is 1. The van der Waals surface area contributed by atoms with Gasteiger partial charge in [-0.3, -0.25) is 4.98 Å². The number of piperidine rings is 1. The monoisotopic (exact) mass is 389 g/mol. The van der Waals surface area contributed by atoms with E-state index in [4.69, 9.17) is 0 Å². The number of hydrogen-bond acceptors (Lipinski definition) is 3. The maximum atomic E-state index is 12.9. The summed E-state index contributed by atoms with van der Waals surface area (Å²) in [5.41, 5.74) is 5.34. The summed E-state index contributed by atoms with van der Waals surface area (Å²) in [6, 6.07) is 10.1. The van der Waals surface area contributed by atoms with E-state index in [1.807, 2.05) is 47.6 Å². The summed E-state index contributed by atoms with van der Waals surface area (Å²) in [6.45, 7) is 7.64. The number of aromatic nitrogens is 3. The fraction of sp³-hybridized carbons (Fsp3) is 0.348. The molecule has 1 fully saturated rings. The lowest BCUT2D eigenvalue weighted by atomic mass is 10.0. The van der Waals surface area contributed by atoms with Crippen LogP contribution < -0.4 is 5.32 Å². The zero-order valence-corrected chi connectivity index (χ0v) is 17.2. The number of aryl methyl sites for hydroxylation is 3. The summed E-state index contributed by atoms with van der Waals surface area (Å²) < 4.78 is 2.26. The molecule has 1 aliphatic heterocycles. The average molecular weight is 390 g/mol. The third kappa shape index (κ3) is 4.01. The molecule has 4 rings (SSSR count). The molecule has 0 bridgehead atoms. The maximum Gasteiger partial charge on any atom is 0.321 e. The van der Waals surface area contributed by atoms with Gasteiger partial charge >= 0.3 is 6.03 Å². The lowest BCUT2D eigenvalue weighted by Gasteiger charge is -2.34. The van der Waals surface area contributed by atoms with Gasteiger partial charge in [-0.25, -0.2) is 9.78 Å². The van der Waals surface area contributed by atoms with Crippen LogP contribution in [0.1, 0.15) is 35.7 Å². The van der Waals surface area contributed by atoms with Gasteiger partial charge in [-0.15, -0.1) is 0 Å². The molecule has 150 valence electrons. The molecule has 1 atom stereocenters. The van der Waals surface area contributed by atoms with Gasteiger partial charge in [0.25, 0.3) is 0 Å². The molecule has 29 heavy (non-hydrogen) atoms. The molecule has 2 amide bonds. The van der Waals surface area contributed by atoms with Crippen LogP contribution in [0.4, 0.5) is 10.5 Å². The van der Waals surface area contributed by atoms with Crippen LogP contribution in [0, 0.1) is 20.8 Å². The summed E-state index contributed by atoms with van der Waals surface area (Å²) in [7, 11) is 0. The second-order valence-electron chi connectivity index (χ2n) is 7.81. The minimum absolute atomic E-state index is 0.0429. The number of hydrogen-bond donors (Lipinski definition) is 1. The van der Waals surface area contributed by atoms with Crippen molar-refractivity contribution < 1.29 is 4.79 Å².